The molecule has 5 heteroatoms. The molecule has 3 N–H and O–H groups in total. The monoisotopic (exact) mass is 221 g/mol. The van der Waals surface area contributed by atoms with Crippen molar-refractivity contribution >= 4 is 11.6 Å². The Morgan fingerprint density at radius 2 is 2.38 bits per heavy atom. The van der Waals surface area contributed by atoms with E-state index < -0.39 is 5.82 Å². The van der Waals surface area contributed by atoms with Gasteiger partial charge in [-0.2, -0.15) is 5.26 Å². The summed E-state index contributed by atoms with van der Waals surface area (Å²) in [5.41, 5.74) is 5.58. The molecule has 0 saturated carbocycles. The van der Waals surface area contributed by atoms with Crippen molar-refractivity contribution in [2.45, 2.75) is 6.92 Å². The highest BCUT2D eigenvalue weighted by atomic mass is 19.1. The van der Waals surface area contributed by atoms with Gasteiger partial charge >= 0.3 is 0 Å². The van der Waals surface area contributed by atoms with E-state index in [1.807, 2.05) is 6.07 Å². The number of anilines is 1. The van der Waals surface area contributed by atoms with Gasteiger partial charge in [0.2, 0.25) is 5.91 Å². The lowest BCUT2D eigenvalue weighted by Gasteiger charge is -2.10. The van der Waals surface area contributed by atoms with Crippen molar-refractivity contribution < 1.29 is 9.18 Å². The second-order valence-electron chi connectivity index (χ2n) is 3.43. The highest BCUT2D eigenvalue weighted by molar-refractivity contribution is 5.92. The third-order valence-electron chi connectivity index (χ3n) is 2.16. The van der Waals surface area contributed by atoms with Crippen LogP contribution in [0.1, 0.15) is 12.5 Å². The Morgan fingerprint density at radius 3 is 2.88 bits per heavy atom. The van der Waals surface area contributed by atoms with Gasteiger partial charge in [-0.3, -0.25) is 4.79 Å². The van der Waals surface area contributed by atoms with E-state index in [2.05, 4.69) is 5.32 Å². The van der Waals surface area contributed by atoms with E-state index in [-0.39, 0.29) is 29.6 Å². The molecule has 4 nitrogen and oxygen atoms in total. The second-order valence-corrected chi connectivity index (χ2v) is 3.43. The number of hydrogen-bond donors (Lipinski definition) is 2. The number of halogens is 1. The van der Waals surface area contributed by atoms with E-state index in [0.29, 0.717) is 0 Å². The molecule has 0 radical (unpaired) electrons. The van der Waals surface area contributed by atoms with Crippen LogP contribution in [-0.4, -0.2) is 12.5 Å². The number of carbonyl (C=O) groups excluding carboxylic acids is 1. The fourth-order valence-electron chi connectivity index (χ4n) is 1.05. The van der Waals surface area contributed by atoms with Crippen molar-refractivity contribution in [1.82, 2.24) is 0 Å². The van der Waals surface area contributed by atoms with Gasteiger partial charge in [-0.05, 0) is 18.2 Å². The zero-order valence-electron chi connectivity index (χ0n) is 8.83. The van der Waals surface area contributed by atoms with Gasteiger partial charge in [0.05, 0.1) is 17.3 Å². The molecule has 84 valence electrons. The lowest BCUT2D eigenvalue weighted by molar-refractivity contribution is -0.119. The average molecular weight is 221 g/mol. The largest absolute Gasteiger partial charge is 0.330 e. The van der Waals surface area contributed by atoms with Crippen LogP contribution in [0.3, 0.4) is 0 Å². The lowest BCUT2D eigenvalue weighted by Crippen LogP contribution is -2.27. The Hall–Kier alpha value is -1.93. The molecule has 0 saturated heterocycles. The highest BCUT2D eigenvalue weighted by Crippen LogP contribution is 2.16. The van der Waals surface area contributed by atoms with Crippen LogP contribution < -0.4 is 11.1 Å². The molecule has 1 atom stereocenters. The predicted molar refractivity (Wildman–Crippen MR) is 58.0 cm³/mol. The van der Waals surface area contributed by atoms with Gasteiger partial charge in [0.15, 0.2) is 0 Å². The Morgan fingerprint density at radius 1 is 1.69 bits per heavy atom. The number of nitrogens with zero attached hydrogens (tertiary/aromatic N) is 1. The Bertz CT molecular complexity index is 439. The molecule has 1 aromatic carbocycles. The minimum absolute atomic E-state index is 0.0595. The first kappa shape index (κ1) is 12.1. The Kier molecular flexibility index (Phi) is 3.97. The number of amides is 1. The number of benzene rings is 1. The maximum Gasteiger partial charge on any atom is 0.228 e. The van der Waals surface area contributed by atoms with Crippen molar-refractivity contribution in [1.29, 1.82) is 5.26 Å². The number of rotatable bonds is 3. The smallest absolute Gasteiger partial charge is 0.228 e. The van der Waals surface area contributed by atoms with Crippen molar-refractivity contribution in [2.75, 3.05) is 11.9 Å². The first-order valence-corrected chi connectivity index (χ1v) is 4.79. The molecule has 0 spiro atoms. The van der Waals surface area contributed by atoms with Crippen LogP contribution in [0.15, 0.2) is 18.2 Å². The SMILES string of the molecule is CC(CN)C(=O)Nc1ccc(C#N)cc1F. The molecule has 1 amide bonds. The quantitative estimate of drug-likeness (QED) is 0.805. The summed E-state index contributed by atoms with van der Waals surface area (Å²) in [7, 11) is 0. The van der Waals surface area contributed by atoms with E-state index in [1.165, 1.54) is 12.1 Å². The number of hydrogen-bond acceptors (Lipinski definition) is 3. The molecule has 0 bridgehead atoms. The molecular weight excluding hydrogens is 209 g/mol. The summed E-state index contributed by atoms with van der Waals surface area (Å²) >= 11 is 0. The molecule has 0 aliphatic rings. The van der Waals surface area contributed by atoms with Crippen LogP contribution >= 0.6 is 0 Å². The zero-order chi connectivity index (χ0) is 12.1. The summed E-state index contributed by atoms with van der Waals surface area (Å²) in [6.45, 7) is 1.85. The Balaban J connectivity index is 2.83. The molecule has 0 heterocycles. The molecule has 0 fully saturated rings. The summed E-state index contributed by atoms with van der Waals surface area (Å²) in [6.07, 6.45) is 0. The summed E-state index contributed by atoms with van der Waals surface area (Å²) in [6, 6.07) is 5.67. The van der Waals surface area contributed by atoms with E-state index in [9.17, 15) is 9.18 Å². The van der Waals surface area contributed by atoms with E-state index in [1.54, 1.807) is 6.92 Å². The molecule has 0 aromatic heterocycles. The third kappa shape index (κ3) is 2.78. The summed E-state index contributed by atoms with van der Waals surface area (Å²) < 4.78 is 13.4. The van der Waals surface area contributed by atoms with Crippen molar-refractivity contribution in [2.24, 2.45) is 11.7 Å². The highest BCUT2D eigenvalue weighted by Gasteiger charge is 2.13. The van der Waals surface area contributed by atoms with Gasteiger partial charge in [0, 0.05) is 12.5 Å². The minimum Gasteiger partial charge on any atom is -0.330 e. The molecule has 0 aliphatic heterocycles. The van der Waals surface area contributed by atoms with Crippen LogP contribution in [0.2, 0.25) is 0 Å². The normalized spacial score (nSPS) is 11.6. The van der Waals surface area contributed by atoms with E-state index >= 15 is 0 Å². The third-order valence-corrected chi connectivity index (χ3v) is 2.16. The molecule has 1 unspecified atom stereocenters. The van der Waals surface area contributed by atoms with Crippen LogP contribution in [-0.2, 0) is 4.79 Å². The lowest BCUT2D eigenvalue weighted by atomic mass is 10.1. The molecule has 1 aromatic rings. The van der Waals surface area contributed by atoms with Crippen molar-refractivity contribution in [3.8, 4) is 6.07 Å². The standard InChI is InChI=1S/C11H12FN3O/c1-7(5-13)11(16)15-10-3-2-8(6-14)4-9(10)12/h2-4,7H,5,13H2,1H3,(H,15,16). The minimum atomic E-state index is -0.628. The van der Waals surface area contributed by atoms with Crippen LogP contribution in [0.25, 0.3) is 0 Å². The van der Waals surface area contributed by atoms with Gasteiger partial charge in [0.25, 0.3) is 0 Å². The van der Waals surface area contributed by atoms with Crippen LogP contribution in [0.4, 0.5) is 10.1 Å². The van der Waals surface area contributed by atoms with E-state index in [4.69, 9.17) is 11.0 Å². The predicted octanol–water partition coefficient (Wildman–Crippen LogP) is 1.23. The molecular formula is C11H12FN3O. The van der Waals surface area contributed by atoms with Gasteiger partial charge in [0.1, 0.15) is 5.82 Å². The number of nitrogens with one attached hydrogen (secondary N) is 1. The summed E-state index contributed by atoms with van der Waals surface area (Å²) in [5, 5.41) is 10.9. The Labute approximate surface area is 92.9 Å². The first-order chi connectivity index (χ1) is 7.58. The topological polar surface area (TPSA) is 78.9 Å². The first-order valence-electron chi connectivity index (χ1n) is 4.79. The molecule has 1 rings (SSSR count). The van der Waals surface area contributed by atoms with E-state index in [0.717, 1.165) is 6.07 Å². The van der Waals surface area contributed by atoms with Gasteiger partial charge in [-0.15, -0.1) is 0 Å². The van der Waals surface area contributed by atoms with Gasteiger partial charge in [-0.1, -0.05) is 6.92 Å². The van der Waals surface area contributed by atoms with Crippen LogP contribution in [0, 0.1) is 23.1 Å². The number of nitriles is 1. The maximum atomic E-state index is 13.4. The summed E-state index contributed by atoms with van der Waals surface area (Å²) in [4.78, 5) is 11.4. The van der Waals surface area contributed by atoms with Gasteiger partial charge in [-0.25, -0.2) is 4.39 Å². The number of carbonyl (C=O) groups is 1. The molecule has 16 heavy (non-hydrogen) atoms. The average Bonchev–Trinajstić information content (AvgIpc) is 2.30. The maximum absolute atomic E-state index is 13.4. The zero-order valence-corrected chi connectivity index (χ0v) is 8.83. The number of nitrogens with two attached hydrogens (primary N) is 1. The summed E-state index contributed by atoms with van der Waals surface area (Å²) in [5.74, 6) is -1.35. The second kappa shape index (κ2) is 5.24. The fourth-order valence-corrected chi connectivity index (χ4v) is 1.05. The van der Waals surface area contributed by atoms with Crippen molar-refractivity contribution in [3.63, 3.8) is 0 Å². The van der Waals surface area contributed by atoms with Crippen molar-refractivity contribution in [3.05, 3.63) is 29.6 Å². The van der Waals surface area contributed by atoms with Crippen LogP contribution in [0.5, 0.6) is 0 Å². The van der Waals surface area contributed by atoms with Gasteiger partial charge < -0.3 is 11.1 Å². The fraction of sp³-hybridized carbons (Fsp3) is 0.273. The molecule has 0 aliphatic carbocycles.